The summed E-state index contributed by atoms with van der Waals surface area (Å²) in [6, 6.07) is 3.91. The fraction of sp³-hybridized carbons (Fsp3) is 0.211. The van der Waals surface area contributed by atoms with Crippen LogP contribution in [0.1, 0.15) is 17.1 Å². The third-order valence-corrected chi connectivity index (χ3v) is 5.51. The molecule has 140 valence electrons. The standard InChI is InChI=1S/C19H17N7OS/c1-24-4-3-12(23-24)9-26-19(27)18-16(7-22-26)15-6-13(5-14-10-28-11-21-14)20-8-17(15)25(18)2/h3-4,6-8,10-11H,5,9H2,1-2H3. The summed E-state index contributed by atoms with van der Waals surface area (Å²) >= 11 is 1.57. The molecule has 8 nitrogen and oxygen atoms in total. The first-order valence-electron chi connectivity index (χ1n) is 8.79. The highest BCUT2D eigenvalue weighted by Crippen LogP contribution is 2.26. The quantitative estimate of drug-likeness (QED) is 0.469. The number of nitrogens with zero attached hydrogens (tertiary/aromatic N) is 7. The van der Waals surface area contributed by atoms with Crippen LogP contribution in [-0.4, -0.2) is 34.1 Å². The van der Waals surface area contributed by atoms with Gasteiger partial charge in [-0.1, -0.05) is 0 Å². The molecule has 0 fully saturated rings. The van der Waals surface area contributed by atoms with E-state index < -0.39 is 0 Å². The van der Waals surface area contributed by atoms with E-state index in [1.165, 1.54) is 4.68 Å². The first-order chi connectivity index (χ1) is 13.6. The summed E-state index contributed by atoms with van der Waals surface area (Å²) in [5.41, 5.74) is 5.92. The van der Waals surface area contributed by atoms with Gasteiger partial charge in [-0.3, -0.25) is 14.5 Å². The second-order valence-corrected chi connectivity index (χ2v) is 7.48. The molecule has 0 atom stereocenters. The van der Waals surface area contributed by atoms with E-state index in [0.717, 1.165) is 33.4 Å². The molecule has 0 aliphatic heterocycles. The lowest BCUT2D eigenvalue weighted by Crippen LogP contribution is -2.24. The fourth-order valence-corrected chi connectivity index (χ4v) is 4.07. The number of fused-ring (bicyclic) bond motifs is 3. The van der Waals surface area contributed by atoms with Crippen molar-refractivity contribution < 1.29 is 0 Å². The number of thiazole rings is 1. The fourth-order valence-electron chi connectivity index (χ4n) is 3.52. The van der Waals surface area contributed by atoms with Crippen molar-refractivity contribution in [3.05, 3.63) is 69.0 Å². The van der Waals surface area contributed by atoms with E-state index in [4.69, 9.17) is 0 Å². The molecule has 5 aromatic rings. The molecule has 0 aromatic carbocycles. The van der Waals surface area contributed by atoms with Gasteiger partial charge in [-0.15, -0.1) is 11.3 Å². The molecule has 0 unspecified atom stereocenters. The zero-order valence-electron chi connectivity index (χ0n) is 15.4. The van der Waals surface area contributed by atoms with Crippen molar-refractivity contribution in [1.82, 2.24) is 34.1 Å². The summed E-state index contributed by atoms with van der Waals surface area (Å²) in [7, 11) is 3.74. The first-order valence-corrected chi connectivity index (χ1v) is 9.73. The van der Waals surface area contributed by atoms with Crippen LogP contribution in [0.25, 0.3) is 21.8 Å². The van der Waals surface area contributed by atoms with Gasteiger partial charge >= 0.3 is 0 Å². The Labute approximate surface area is 163 Å². The van der Waals surface area contributed by atoms with Gasteiger partial charge in [0, 0.05) is 48.6 Å². The zero-order valence-corrected chi connectivity index (χ0v) is 16.2. The van der Waals surface area contributed by atoms with E-state index >= 15 is 0 Å². The Kier molecular flexibility index (Phi) is 3.83. The molecule has 28 heavy (non-hydrogen) atoms. The van der Waals surface area contributed by atoms with Crippen molar-refractivity contribution >= 4 is 33.1 Å². The summed E-state index contributed by atoms with van der Waals surface area (Å²) in [5.74, 6) is 0. The number of pyridine rings is 1. The summed E-state index contributed by atoms with van der Waals surface area (Å²) in [6.07, 6.45) is 6.10. The van der Waals surface area contributed by atoms with Gasteiger partial charge in [0.25, 0.3) is 5.56 Å². The van der Waals surface area contributed by atoms with E-state index in [-0.39, 0.29) is 5.56 Å². The molecule has 5 rings (SSSR count). The number of aryl methyl sites for hydroxylation is 2. The third kappa shape index (κ3) is 2.71. The van der Waals surface area contributed by atoms with E-state index in [2.05, 4.69) is 20.2 Å². The average molecular weight is 391 g/mol. The SMILES string of the molecule is Cn1ccc(Cn2ncc3c4cc(Cc5cscn5)ncc4n(C)c3c2=O)n1. The number of hydrogen-bond donors (Lipinski definition) is 0. The van der Waals surface area contributed by atoms with Crippen molar-refractivity contribution in [3.63, 3.8) is 0 Å². The predicted octanol–water partition coefficient (Wildman–Crippen LogP) is 2.11. The highest BCUT2D eigenvalue weighted by molar-refractivity contribution is 7.07. The lowest BCUT2D eigenvalue weighted by Gasteiger charge is -2.03. The highest BCUT2D eigenvalue weighted by Gasteiger charge is 2.16. The molecule has 5 aromatic heterocycles. The van der Waals surface area contributed by atoms with Crippen LogP contribution >= 0.6 is 11.3 Å². The van der Waals surface area contributed by atoms with Crippen molar-refractivity contribution in [1.29, 1.82) is 0 Å². The maximum Gasteiger partial charge on any atom is 0.291 e. The summed E-state index contributed by atoms with van der Waals surface area (Å²) in [4.78, 5) is 22.0. The lowest BCUT2D eigenvalue weighted by molar-refractivity contribution is 0.619. The number of rotatable bonds is 4. The average Bonchev–Trinajstić information content (AvgIpc) is 3.39. The maximum absolute atomic E-state index is 13.1. The Balaban J connectivity index is 1.63. The minimum Gasteiger partial charge on any atom is -0.338 e. The van der Waals surface area contributed by atoms with Crippen LogP contribution < -0.4 is 5.56 Å². The Morgan fingerprint density at radius 3 is 2.71 bits per heavy atom. The lowest BCUT2D eigenvalue weighted by atomic mass is 10.1. The van der Waals surface area contributed by atoms with Crippen molar-refractivity contribution in [2.75, 3.05) is 0 Å². The van der Waals surface area contributed by atoms with Crippen LogP contribution in [0.4, 0.5) is 0 Å². The molecular formula is C19H17N7OS. The summed E-state index contributed by atoms with van der Waals surface area (Å²) in [6.45, 7) is 0.338. The van der Waals surface area contributed by atoms with E-state index in [1.54, 1.807) is 22.2 Å². The van der Waals surface area contributed by atoms with Crippen LogP contribution in [0.5, 0.6) is 0 Å². The molecule has 0 saturated heterocycles. The number of hydrogen-bond acceptors (Lipinski definition) is 6. The minimum absolute atomic E-state index is 0.136. The monoisotopic (exact) mass is 391 g/mol. The maximum atomic E-state index is 13.1. The molecule has 0 aliphatic rings. The molecule has 0 spiro atoms. The normalized spacial score (nSPS) is 11.6. The van der Waals surface area contributed by atoms with Gasteiger partial charge in [-0.2, -0.15) is 10.2 Å². The number of aromatic nitrogens is 7. The van der Waals surface area contributed by atoms with Gasteiger partial charge < -0.3 is 4.57 Å². The molecule has 5 heterocycles. The van der Waals surface area contributed by atoms with Gasteiger partial charge in [-0.25, -0.2) is 9.67 Å². The Hall–Kier alpha value is -3.33. The minimum atomic E-state index is -0.136. The Morgan fingerprint density at radius 2 is 1.96 bits per heavy atom. The second-order valence-electron chi connectivity index (χ2n) is 6.76. The first kappa shape index (κ1) is 16.8. The van der Waals surface area contributed by atoms with Gasteiger partial charge in [0.2, 0.25) is 0 Å². The van der Waals surface area contributed by atoms with Crippen LogP contribution in [0.3, 0.4) is 0 Å². The summed E-state index contributed by atoms with van der Waals surface area (Å²) in [5, 5.41) is 12.6. The molecule has 0 amide bonds. The molecule has 0 bridgehead atoms. The van der Waals surface area contributed by atoms with Gasteiger partial charge in [0.05, 0.1) is 41.4 Å². The topological polar surface area (TPSA) is 83.4 Å². The van der Waals surface area contributed by atoms with E-state index in [0.29, 0.717) is 18.5 Å². The molecule has 0 radical (unpaired) electrons. The van der Waals surface area contributed by atoms with Crippen LogP contribution in [0.15, 0.2) is 46.4 Å². The Morgan fingerprint density at radius 1 is 1.07 bits per heavy atom. The van der Waals surface area contributed by atoms with E-state index in [1.807, 2.05) is 54.1 Å². The van der Waals surface area contributed by atoms with Gasteiger partial charge in [-0.05, 0) is 12.1 Å². The largest absolute Gasteiger partial charge is 0.338 e. The van der Waals surface area contributed by atoms with Crippen molar-refractivity contribution in [2.24, 2.45) is 14.1 Å². The molecular weight excluding hydrogens is 374 g/mol. The molecule has 0 N–H and O–H groups in total. The highest BCUT2D eigenvalue weighted by atomic mass is 32.1. The molecule has 0 aliphatic carbocycles. The van der Waals surface area contributed by atoms with Gasteiger partial charge in [0.1, 0.15) is 5.52 Å². The van der Waals surface area contributed by atoms with E-state index in [9.17, 15) is 4.79 Å². The van der Waals surface area contributed by atoms with Crippen molar-refractivity contribution in [2.45, 2.75) is 13.0 Å². The summed E-state index contributed by atoms with van der Waals surface area (Å²) < 4.78 is 5.06. The smallest absolute Gasteiger partial charge is 0.291 e. The molecule has 9 heteroatoms. The van der Waals surface area contributed by atoms with Crippen LogP contribution in [-0.2, 0) is 27.1 Å². The zero-order chi connectivity index (χ0) is 19.3. The second kappa shape index (κ2) is 6.38. The van der Waals surface area contributed by atoms with Crippen molar-refractivity contribution in [3.8, 4) is 0 Å². The predicted molar refractivity (Wildman–Crippen MR) is 108 cm³/mol. The van der Waals surface area contributed by atoms with Crippen LogP contribution in [0, 0.1) is 0 Å². The Bertz CT molecular complexity index is 1360. The third-order valence-electron chi connectivity index (χ3n) is 4.87. The van der Waals surface area contributed by atoms with Crippen LogP contribution in [0.2, 0.25) is 0 Å². The van der Waals surface area contributed by atoms with Gasteiger partial charge in [0.15, 0.2) is 0 Å². The molecule has 0 saturated carbocycles.